The number of methoxy groups -OCH3 is 1. The van der Waals surface area contributed by atoms with E-state index < -0.39 is 5.82 Å². The molecule has 1 aliphatic heterocycles. The number of rotatable bonds is 3. The molecule has 0 bridgehead atoms. The monoisotopic (exact) mass is 471 g/mol. The topological polar surface area (TPSA) is 54.4 Å². The Balaban J connectivity index is 1.73. The lowest BCUT2D eigenvalue weighted by atomic mass is 10.0. The highest BCUT2D eigenvalue weighted by Crippen LogP contribution is 2.39. The van der Waals surface area contributed by atoms with E-state index >= 15 is 4.39 Å². The summed E-state index contributed by atoms with van der Waals surface area (Å²) in [7, 11) is 3.55. The number of ether oxygens (including phenoxy) is 1. The Morgan fingerprint density at radius 3 is 2.56 bits per heavy atom. The number of piperazine rings is 1. The van der Waals surface area contributed by atoms with Gasteiger partial charge in [0.05, 0.1) is 22.5 Å². The molecule has 0 aliphatic carbocycles. The molecular weight excluding hydrogens is 452 g/mol. The average Bonchev–Trinajstić information content (AvgIpc) is 2.81. The number of aromatic nitrogens is 3. The van der Waals surface area contributed by atoms with Crippen LogP contribution in [0.4, 0.5) is 10.2 Å². The molecule has 1 aliphatic rings. The second-order valence-corrected chi connectivity index (χ2v) is 8.56. The van der Waals surface area contributed by atoms with Crippen LogP contribution in [0.2, 0.25) is 10.0 Å². The summed E-state index contributed by atoms with van der Waals surface area (Å²) >= 11 is 12.7. The van der Waals surface area contributed by atoms with E-state index in [-0.39, 0.29) is 17.2 Å². The molecule has 0 unspecified atom stereocenters. The molecule has 0 saturated carbocycles. The number of likely N-dealkylation sites (N-methyl/N-ethyl adjacent to an activating group) is 1. The molecule has 2 aromatic carbocycles. The van der Waals surface area contributed by atoms with Gasteiger partial charge in [-0.15, -0.1) is 0 Å². The van der Waals surface area contributed by atoms with Gasteiger partial charge in [-0.05, 0) is 18.5 Å². The Kier molecular flexibility index (Phi) is 5.49. The number of hydrogen-bond donors (Lipinski definition) is 0. The van der Waals surface area contributed by atoms with Gasteiger partial charge in [0.2, 0.25) is 0 Å². The molecular formula is C23H20Cl2FN5O. The Hall–Kier alpha value is -2.74. The maximum absolute atomic E-state index is 15.9. The van der Waals surface area contributed by atoms with E-state index in [0.717, 1.165) is 31.6 Å². The summed E-state index contributed by atoms with van der Waals surface area (Å²) in [6, 6.07) is 9.20. The molecule has 6 nitrogen and oxygen atoms in total. The third kappa shape index (κ3) is 3.50. The second kappa shape index (κ2) is 8.31. The van der Waals surface area contributed by atoms with Crippen molar-refractivity contribution in [3.63, 3.8) is 0 Å². The van der Waals surface area contributed by atoms with Crippen LogP contribution in [0.3, 0.4) is 0 Å². The molecule has 0 radical (unpaired) electrons. The molecule has 4 aromatic rings. The van der Waals surface area contributed by atoms with Crippen molar-refractivity contribution in [2.75, 3.05) is 45.2 Å². The molecule has 3 heterocycles. The van der Waals surface area contributed by atoms with Gasteiger partial charge in [-0.25, -0.2) is 4.39 Å². The summed E-state index contributed by atoms with van der Waals surface area (Å²) in [6.07, 6.45) is 1.62. The fourth-order valence-electron chi connectivity index (χ4n) is 4.07. The van der Waals surface area contributed by atoms with Gasteiger partial charge in [-0.2, -0.15) is 9.97 Å². The van der Waals surface area contributed by atoms with Crippen LogP contribution >= 0.6 is 23.2 Å². The Bertz CT molecular complexity index is 1340. The van der Waals surface area contributed by atoms with Crippen molar-refractivity contribution < 1.29 is 9.13 Å². The maximum Gasteiger partial charge on any atom is 0.318 e. The van der Waals surface area contributed by atoms with Crippen LogP contribution in [-0.4, -0.2) is 60.2 Å². The minimum absolute atomic E-state index is 0.112. The zero-order chi connectivity index (χ0) is 22.4. The van der Waals surface area contributed by atoms with Crippen molar-refractivity contribution in [2.24, 2.45) is 0 Å². The largest absolute Gasteiger partial charge is 0.467 e. The van der Waals surface area contributed by atoms with E-state index in [0.29, 0.717) is 32.2 Å². The SMILES string of the molecule is COc1nc(N2CCN(C)CC2)c2cnc(-c3cccc4ccc(Cl)c(Cl)c34)c(F)c2n1. The molecule has 9 heteroatoms. The van der Waals surface area contributed by atoms with Crippen molar-refractivity contribution >= 4 is 50.7 Å². The first-order chi connectivity index (χ1) is 15.5. The fourth-order valence-corrected chi connectivity index (χ4v) is 4.50. The van der Waals surface area contributed by atoms with Gasteiger partial charge < -0.3 is 14.5 Å². The number of fused-ring (bicyclic) bond motifs is 2. The van der Waals surface area contributed by atoms with Crippen molar-refractivity contribution in [1.82, 2.24) is 19.9 Å². The zero-order valence-corrected chi connectivity index (χ0v) is 19.1. The number of halogens is 3. The van der Waals surface area contributed by atoms with E-state index in [1.54, 1.807) is 18.3 Å². The summed E-state index contributed by atoms with van der Waals surface area (Å²) in [5.74, 6) is 0.0685. The van der Waals surface area contributed by atoms with Gasteiger partial charge in [0, 0.05) is 43.3 Å². The molecule has 0 N–H and O–H groups in total. The van der Waals surface area contributed by atoms with Gasteiger partial charge in [0.15, 0.2) is 5.82 Å². The summed E-state index contributed by atoms with van der Waals surface area (Å²) in [4.78, 5) is 17.7. The first-order valence-corrected chi connectivity index (χ1v) is 10.9. The van der Waals surface area contributed by atoms with Crippen LogP contribution in [0.1, 0.15) is 0 Å². The fraction of sp³-hybridized carbons (Fsp3) is 0.261. The van der Waals surface area contributed by atoms with E-state index in [9.17, 15) is 0 Å². The molecule has 32 heavy (non-hydrogen) atoms. The Morgan fingerprint density at radius 1 is 1.03 bits per heavy atom. The molecule has 0 atom stereocenters. The number of hydrogen-bond acceptors (Lipinski definition) is 6. The van der Waals surface area contributed by atoms with Gasteiger partial charge in [-0.1, -0.05) is 47.5 Å². The van der Waals surface area contributed by atoms with Gasteiger partial charge >= 0.3 is 6.01 Å². The minimum Gasteiger partial charge on any atom is -0.467 e. The van der Waals surface area contributed by atoms with Gasteiger partial charge in [0.25, 0.3) is 0 Å². The second-order valence-electron chi connectivity index (χ2n) is 7.77. The number of nitrogens with zero attached hydrogens (tertiary/aromatic N) is 5. The van der Waals surface area contributed by atoms with Crippen LogP contribution in [0, 0.1) is 5.82 Å². The number of benzene rings is 2. The van der Waals surface area contributed by atoms with E-state index in [4.69, 9.17) is 27.9 Å². The van der Waals surface area contributed by atoms with Crippen molar-refractivity contribution in [1.29, 1.82) is 0 Å². The minimum atomic E-state index is -0.554. The summed E-state index contributed by atoms with van der Waals surface area (Å²) in [5.41, 5.74) is 0.858. The average molecular weight is 472 g/mol. The summed E-state index contributed by atoms with van der Waals surface area (Å²) < 4.78 is 21.2. The lowest BCUT2D eigenvalue weighted by Gasteiger charge is -2.33. The zero-order valence-electron chi connectivity index (χ0n) is 17.6. The molecule has 1 fully saturated rings. The van der Waals surface area contributed by atoms with Gasteiger partial charge in [0.1, 0.15) is 17.0 Å². The molecule has 164 valence electrons. The Morgan fingerprint density at radius 2 is 1.81 bits per heavy atom. The summed E-state index contributed by atoms with van der Waals surface area (Å²) in [6.45, 7) is 3.31. The van der Waals surface area contributed by atoms with Crippen LogP contribution in [0.25, 0.3) is 32.9 Å². The smallest absolute Gasteiger partial charge is 0.318 e. The number of anilines is 1. The van der Waals surface area contributed by atoms with Crippen molar-refractivity contribution in [2.45, 2.75) is 0 Å². The quantitative estimate of drug-likeness (QED) is 0.416. The molecule has 0 amide bonds. The molecule has 5 rings (SSSR count). The van der Waals surface area contributed by atoms with Crippen LogP contribution < -0.4 is 9.64 Å². The van der Waals surface area contributed by atoms with Crippen molar-refractivity contribution in [3.8, 4) is 17.3 Å². The van der Waals surface area contributed by atoms with E-state index in [1.165, 1.54) is 7.11 Å². The third-order valence-corrected chi connectivity index (χ3v) is 6.62. The van der Waals surface area contributed by atoms with Crippen LogP contribution in [0.5, 0.6) is 6.01 Å². The molecule has 2 aromatic heterocycles. The summed E-state index contributed by atoms with van der Waals surface area (Å²) in [5, 5.41) is 2.79. The third-order valence-electron chi connectivity index (χ3n) is 5.82. The molecule has 1 saturated heterocycles. The molecule has 0 spiro atoms. The van der Waals surface area contributed by atoms with Gasteiger partial charge in [-0.3, -0.25) is 4.98 Å². The lowest BCUT2D eigenvalue weighted by Crippen LogP contribution is -2.45. The highest BCUT2D eigenvalue weighted by Gasteiger charge is 2.24. The predicted octanol–water partition coefficient (Wildman–Crippen LogP) is 5.05. The first kappa shape index (κ1) is 21.1. The van der Waals surface area contributed by atoms with E-state index in [1.807, 2.05) is 18.2 Å². The Labute approximate surface area is 194 Å². The lowest BCUT2D eigenvalue weighted by molar-refractivity contribution is 0.311. The highest BCUT2D eigenvalue weighted by atomic mass is 35.5. The predicted molar refractivity (Wildman–Crippen MR) is 127 cm³/mol. The first-order valence-electron chi connectivity index (χ1n) is 10.2. The van der Waals surface area contributed by atoms with Crippen LogP contribution in [-0.2, 0) is 0 Å². The van der Waals surface area contributed by atoms with Crippen molar-refractivity contribution in [3.05, 3.63) is 52.4 Å². The number of pyridine rings is 1. The van der Waals surface area contributed by atoms with Crippen LogP contribution in [0.15, 0.2) is 36.5 Å². The normalized spacial score (nSPS) is 15.0. The highest BCUT2D eigenvalue weighted by molar-refractivity contribution is 6.46. The maximum atomic E-state index is 15.9. The standard InChI is InChI=1S/C23H20Cl2FN5O/c1-30-8-10-31(11-9-30)22-15-12-27-20(19(26)21(15)28-23(29-22)32-2)14-5-3-4-13-6-7-16(24)18(25)17(13)14/h3-7,12H,8-11H2,1-2H3. The van der Waals surface area contributed by atoms with E-state index in [2.05, 4.69) is 31.8 Å².